The molecule has 1 fully saturated rings. The van der Waals surface area contributed by atoms with Gasteiger partial charge in [0.2, 0.25) is 5.82 Å². The quantitative estimate of drug-likeness (QED) is 0.671. The third-order valence-electron chi connectivity index (χ3n) is 4.15. The molecular formula is C17H19N5O2S. The number of hydrogen-bond acceptors (Lipinski definition) is 8. The summed E-state index contributed by atoms with van der Waals surface area (Å²) in [5, 5.41) is 8.27. The molecule has 0 unspecified atom stereocenters. The van der Waals surface area contributed by atoms with Gasteiger partial charge in [-0.25, -0.2) is 4.98 Å². The topological polar surface area (TPSA) is 77.2 Å². The Morgan fingerprint density at radius 2 is 2.36 bits per heavy atom. The number of thiophene rings is 1. The van der Waals surface area contributed by atoms with Gasteiger partial charge in [-0.3, -0.25) is 9.88 Å². The fraction of sp³-hybridized carbons (Fsp3) is 0.412. The molecule has 0 aromatic carbocycles. The average Bonchev–Trinajstić information content (AvgIpc) is 3.33. The zero-order valence-electron chi connectivity index (χ0n) is 13.7. The highest BCUT2D eigenvalue weighted by atomic mass is 32.1. The molecule has 7 nitrogen and oxygen atoms in total. The van der Waals surface area contributed by atoms with Crippen LogP contribution in [0, 0.1) is 0 Å². The molecule has 3 aromatic heterocycles. The molecule has 1 atom stereocenters. The van der Waals surface area contributed by atoms with Crippen molar-refractivity contribution in [3.05, 3.63) is 46.9 Å². The number of nitrogens with zero attached hydrogens (tertiary/aromatic N) is 5. The summed E-state index contributed by atoms with van der Waals surface area (Å²) in [6.07, 6.45) is 7.22. The number of rotatable bonds is 6. The molecule has 1 aliphatic rings. The molecule has 8 heteroatoms. The number of hydrogen-bond donors (Lipinski definition) is 0. The van der Waals surface area contributed by atoms with Crippen molar-refractivity contribution in [2.24, 2.45) is 0 Å². The van der Waals surface area contributed by atoms with E-state index in [9.17, 15) is 0 Å². The van der Waals surface area contributed by atoms with Gasteiger partial charge in [-0.05, 0) is 41.8 Å². The zero-order chi connectivity index (χ0) is 16.9. The summed E-state index contributed by atoms with van der Waals surface area (Å²) >= 11 is 1.74. The SMILES string of the molecule is c1cnc(-c2noc(CO[C@H]3CCCN(Cc4ccsc4)C3)n2)cn1. The lowest BCUT2D eigenvalue weighted by molar-refractivity contribution is -0.0210. The molecular weight excluding hydrogens is 338 g/mol. The van der Waals surface area contributed by atoms with E-state index in [2.05, 4.69) is 41.8 Å². The Balaban J connectivity index is 1.30. The van der Waals surface area contributed by atoms with Gasteiger partial charge in [0.25, 0.3) is 5.89 Å². The molecule has 1 saturated heterocycles. The van der Waals surface area contributed by atoms with E-state index in [1.165, 1.54) is 5.56 Å². The van der Waals surface area contributed by atoms with Crippen LogP contribution in [-0.2, 0) is 17.9 Å². The van der Waals surface area contributed by atoms with Crippen molar-refractivity contribution in [1.29, 1.82) is 0 Å². The van der Waals surface area contributed by atoms with Crippen LogP contribution >= 0.6 is 11.3 Å². The van der Waals surface area contributed by atoms with Crippen LogP contribution in [0.15, 0.2) is 39.9 Å². The average molecular weight is 357 g/mol. The molecule has 1 aliphatic heterocycles. The largest absolute Gasteiger partial charge is 0.367 e. The van der Waals surface area contributed by atoms with Crippen molar-refractivity contribution >= 4 is 11.3 Å². The first-order valence-corrected chi connectivity index (χ1v) is 9.25. The Bertz CT molecular complexity index is 777. The lowest BCUT2D eigenvalue weighted by atomic mass is 10.1. The smallest absolute Gasteiger partial charge is 0.253 e. The van der Waals surface area contributed by atoms with Crippen LogP contribution in [0.5, 0.6) is 0 Å². The molecule has 4 rings (SSSR count). The standard InChI is InChI=1S/C17H19N5O2S/c1-2-14(10-22(6-1)9-13-3-7-25-12-13)23-11-16-20-17(21-24-16)15-8-18-4-5-19-15/h3-5,7-8,12,14H,1-2,6,9-11H2/t14-/m0/s1. The number of piperidine rings is 1. The minimum Gasteiger partial charge on any atom is -0.367 e. The summed E-state index contributed by atoms with van der Waals surface area (Å²) in [4.78, 5) is 14.9. The van der Waals surface area contributed by atoms with Crippen LogP contribution in [0.2, 0.25) is 0 Å². The van der Waals surface area contributed by atoms with Crippen LogP contribution < -0.4 is 0 Å². The van der Waals surface area contributed by atoms with Gasteiger partial charge < -0.3 is 9.26 Å². The van der Waals surface area contributed by atoms with Gasteiger partial charge in [-0.1, -0.05) is 5.16 Å². The minimum atomic E-state index is 0.194. The maximum Gasteiger partial charge on any atom is 0.253 e. The Kier molecular flexibility index (Phi) is 5.10. The predicted octanol–water partition coefficient (Wildman–Crippen LogP) is 2.77. The van der Waals surface area contributed by atoms with E-state index in [1.54, 1.807) is 29.9 Å². The third kappa shape index (κ3) is 4.28. The van der Waals surface area contributed by atoms with Gasteiger partial charge in [0.1, 0.15) is 12.3 Å². The van der Waals surface area contributed by atoms with Crippen LogP contribution in [0.4, 0.5) is 0 Å². The second kappa shape index (κ2) is 7.81. The van der Waals surface area contributed by atoms with E-state index in [0.29, 0.717) is 24.0 Å². The highest BCUT2D eigenvalue weighted by Gasteiger charge is 2.21. The summed E-state index contributed by atoms with van der Waals surface area (Å²) in [6, 6.07) is 2.18. The summed E-state index contributed by atoms with van der Waals surface area (Å²) in [6.45, 7) is 3.36. The fourth-order valence-electron chi connectivity index (χ4n) is 2.95. The van der Waals surface area contributed by atoms with Crippen molar-refractivity contribution in [3.8, 4) is 11.5 Å². The van der Waals surface area contributed by atoms with E-state index in [4.69, 9.17) is 9.26 Å². The van der Waals surface area contributed by atoms with Crippen LogP contribution in [0.1, 0.15) is 24.3 Å². The molecule has 3 aromatic rings. The predicted molar refractivity (Wildman–Crippen MR) is 92.7 cm³/mol. The molecule has 0 aliphatic carbocycles. The first kappa shape index (κ1) is 16.3. The Hall–Kier alpha value is -2.16. The molecule has 25 heavy (non-hydrogen) atoms. The van der Waals surface area contributed by atoms with E-state index in [-0.39, 0.29) is 6.10 Å². The number of likely N-dealkylation sites (tertiary alicyclic amines) is 1. The maximum atomic E-state index is 6.00. The van der Waals surface area contributed by atoms with Crippen molar-refractivity contribution in [3.63, 3.8) is 0 Å². The van der Waals surface area contributed by atoms with Crippen LogP contribution in [0.25, 0.3) is 11.5 Å². The molecule has 0 bridgehead atoms. The number of aromatic nitrogens is 4. The Morgan fingerprint density at radius 3 is 3.20 bits per heavy atom. The summed E-state index contributed by atoms with van der Waals surface area (Å²) in [5.41, 5.74) is 1.97. The van der Waals surface area contributed by atoms with Gasteiger partial charge in [-0.15, -0.1) is 0 Å². The van der Waals surface area contributed by atoms with Gasteiger partial charge in [-0.2, -0.15) is 16.3 Å². The molecule has 0 spiro atoms. The highest BCUT2D eigenvalue weighted by Crippen LogP contribution is 2.19. The lowest BCUT2D eigenvalue weighted by Crippen LogP contribution is -2.39. The second-order valence-corrected chi connectivity index (χ2v) is 6.82. The van der Waals surface area contributed by atoms with E-state index in [1.807, 2.05) is 0 Å². The van der Waals surface area contributed by atoms with Crippen LogP contribution in [0.3, 0.4) is 0 Å². The molecule has 0 amide bonds. The Morgan fingerprint density at radius 1 is 1.36 bits per heavy atom. The second-order valence-electron chi connectivity index (χ2n) is 6.04. The van der Waals surface area contributed by atoms with Gasteiger partial charge >= 0.3 is 0 Å². The normalized spacial score (nSPS) is 18.5. The summed E-state index contributed by atoms with van der Waals surface area (Å²) < 4.78 is 11.3. The molecule has 4 heterocycles. The van der Waals surface area contributed by atoms with Crippen molar-refractivity contribution in [1.82, 2.24) is 25.0 Å². The summed E-state index contributed by atoms with van der Waals surface area (Å²) in [5.74, 6) is 0.907. The van der Waals surface area contributed by atoms with E-state index in [0.717, 1.165) is 32.5 Å². The van der Waals surface area contributed by atoms with Crippen LogP contribution in [-0.4, -0.2) is 44.2 Å². The third-order valence-corrected chi connectivity index (χ3v) is 4.88. The molecule has 0 saturated carbocycles. The molecule has 0 N–H and O–H groups in total. The zero-order valence-corrected chi connectivity index (χ0v) is 14.6. The number of ether oxygens (including phenoxy) is 1. The van der Waals surface area contributed by atoms with Gasteiger partial charge in [0, 0.05) is 25.5 Å². The molecule has 0 radical (unpaired) electrons. The Labute approximate surface area is 149 Å². The fourth-order valence-corrected chi connectivity index (χ4v) is 3.61. The van der Waals surface area contributed by atoms with Crippen molar-refractivity contribution in [2.75, 3.05) is 13.1 Å². The van der Waals surface area contributed by atoms with Crippen molar-refractivity contribution < 1.29 is 9.26 Å². The maximum absolute atomic E-state index is 6.00. The first-order chi connectivity index (χ1) is 12.4. The highest BCUT2D eigenvalue weighted by molar-refractivity contribution is 7.07. The van der Waals surface area contributed by atoms with E-state index < -0.39 is 0 Å². The minimum absolute atomic E-state index is 0.194. The van der Waals surface area contributed by atoms with Crippen molar-refractivity contribution in [2.45, 2.75) is 32.1 Å². The van der Waals surface area contributed by atoms with Gasteiger partial charge in [0.15, 0.2) is 0 Å². The first-order valence-electron chi connectivity index (χ1n) is 8.31. The lowest BCUT2D eigenvalue weighted by Gasteiger charge is -2.32. The summed E-state index contributed by atoms with van der Waals surface area (Å²) in [7, 11) is 0. The molecule has 130 valence electrons. The monoisotopic (exact) mass is 357 g/mol. The van der Waals surface area contributed by atoms with Gasteiger partial charge in [0.05, 0.1) is 12.3 Å². The van der Waals surface area contributed by atoms with E-state index >= 15 is 0 Å².